The van der Waals surface area contributed by atoms with Gasteiger partial charge >= 0.3 is 0 Å². The molecule has 1 unspecified atom stereocenters. The Hall–Kier alpha value is -3.20. The first-order valence-electron chi connectivity index (χ1n) is 7.67. The van der Waals surface area contributed by atoms with Crippen molar-refractivity contribution in [1.29, 1.82) is 5.26 Å². The smallest absolute Gasteiger partial charge is 0.242 e. The van der Waals surface area contributed by atoms with Crippen molar-refractivity contribution >= 4 is 11.6 Å². The van der Waals surface area contributed by atoms with Crippen LogP contribution in [-0.4, -0.2) is 27.2 Å². The van der Waals surface area contributed by atoms with Crippen LogP contribution in [0.4, 0.5) is 5.69 Å². The van der Waals surface area contributed by atoms with Crippen LogP contribution in [0.5, 0.6) is 17.2 Å². The van der Waals surface area contributed by atoms with Gasteiger partial charge in [-0.2, -0.15) is 5.26 Å². The van der Waals surface area contributed by atoms with Crippen LogP contribution in [0.25, 0.3) is 0 Å². The summed E-state index contributed by atoms with van der Waals surface area (Å²) in [5.41, 5.74) is 1.34. The molecule has 0 fully saturated rings. The molecule has 1 N–H and O–H groups in total. The van der Waals surface area contributed by atoms with Crippen molar-refractivity contribution in [2.24, 2.45) is 5.92 Å². The fourth-order valence-electron chi connectivity index (χ4n) is 2.43. The molecule has 0 heterocycles. The fourth-order valence-corrected chi connectivity index (χ4v) is 2.43. The maximum absolute atomic E-state index is 12.5. The Kier molecular flexibility index (Phi) is 6.24. The van der Waals surface area contributed by atoms with Gasteiger partial charge in [0.2, 0.25) is 5.91 Å². The zero-order valence-corrected chi connectivity index (χ0v) is 14.4. The number of rotatable bonds is 7. The number of ether oxygens (including phenoxy) is 3. The number of hydrogen-bond donors (Lipinski definition) is 1. The fraction of sp³-hybridized carbons (Fsp3) is 0.263. The van der Waals surface area contributed by atoms with Gasteiger partial charge in [-0.1, -0.05) is 18.2 Å². The molecule has 1 amide bonds. The van der Waals surface area contributed by atoms with E-state index in [1.54, 1.807) is 31.4 Å². The van der Waals surface area contributed by atoms with Gasteiger partial charge < -0.3 is 19.5 Å². The van der Waals surface area contributed by atoms with Crippen LogP contribution in [-0.2, 0) is 11.2 Å². The lowest BCUT2D eigenvalue weighted by Gasteiger charge is -2.14. The van der Waals surface area contributed by atoms with Gasteiger partial charge in [-0.25, -0.2) is 0 Å². The van der Waals surface area contributed by atoms with Crippen molar-refractivity contribution in [3.8, 4) is 23.3 Å². The molecule has 6 heteroatoms. The topological polar surface area (TPSA) is 80.6 Å². The van der Waals surface area contributed by atoms with Crippen LogP contribution < -0.4 is 19.5 Å². The number of carbonyl (C=O) groups is 1. The number of nitrogens with zero attached hydrogens (tertiary/aromatic N) is 1. The average Bonchev–Trinajstić information content (AvgIpc) is 2.66. The first-order valence-corrected chi connectivity index (χ1v) is 7.67. The van der Waals surface area contributed by atoms with Gasteiger partial charge in [0, 0.05) is 18.2 Å². The summed E-state index contributed by atoms with van der Waals surface area (Å²) in [6, 6.07) is 14.4. The van der Waals surface area contributed by atoms with E-state index in [0.29, 0.717) is 22.9 Å². The number of benzene rings is 2. The Bertz CT molecular complexity index is 783. The molecule has 0 aliphatic heterocycles. The average molecular weight is 340 g/mol. The van der Waals surface area contributed by atoms with Crippen molar-refractivity contribution in [3.05, 3.63) is 48.0 Å². The molecule has 0 saturated carbocycles. The molecule has 0 aliphatic carbocycles. The van der Waals surface area contributed by atoms with E-state index in [9.17, 15) is 10.1 Å². The lowest BCUT2D eigenvalue weighted by Crippen LogP contribution is -2.23. The van der Waals surface area contributed by atoms with Crippen molar-refractivity contribution in [2.75, 3.05) is 26.6 Å². The second-order valence-corrected chi connectivity index (χ2v) is 5.26. The Morgan fingerprint density at radius 2 is 1.72 bits per heavy atom. The van der Waals surface area contributed by atoms with E-state index in [0.717, 1.165) is 5.56 Å². The summed E-state index contributed by atoms with van der Waals surface area (Å²) in [5.74, 6) is 0.483. The van der Waals surface area contributed by atoms with Crippen LogP contribution >= 0.6 is 0 Å². The zero-order chi connectivity index (χ0) is 18.2. The first-order chi connectivity index (χ1) is 12.1. The van der Waals surface area contributed by atoms with Gasteiger partial charge in [-0.15, -0.1) is 0 Å². The van der Waals surface area contributed by atoms with E-state index in [1.165, 1.54) is 14.2 Å². The maximum Gasteiger partial charge on any atom is 0.242 e. The van der Waals surface area contributed by atoms with Gasteiger partial charge in [0.1, 0.15) is 11.7 Å². The van der Waals surface area contributed by atoms with E-state index >= 15 is 0 Å². The highest BCUT2D eigenvalue weighted by atomic mass is 16.5. The Balaban J connectivity index is 2.14. The number of nitriles is 1. The molecule has 0 bridgehead atoms. The quantitative estimate of drug-likeness (QED) is 0.838. The van der Waals surface area contributed by atoms with E-state index in [1.807, 2.05) is 24.3 Å². The SMILES string of the molecule is COc1ccccc1CC(C#N)C(=O)Nc1ccc(OC)c(OC)c1. The Labute approximate surface area is 146 Å². The second-order valence-electron chi connectivity index (χ2n) is 5.26. The zero-order valence-electron chi connectivity index (χ0n) is 14.4. The molecule has 6 nitrogen and oxygen atoms in total. The van der Waals surface area contributed by atoms with E-state index < -0.39 is 5.92 Å². The molecule has 0 aliphatic rings. The summed E-state index contributed by atoms with van der Waals surface area (Å²) in [5, 5.41) is 12.1. The van der Waals surface area contributed by atoms with Crippen molar-refractivity contribution in [2.45, 2.75) is 6.42 Å². The highest BCUT2D eigenvalue weighted by Gasteiger charge is 2.20. The largest absolute Gasteiger partial charge is 0.496 e. The number of carbonyl (C=O) groups excluding carboxylic acids is 1. The van der Waals surface area contributed by atoms with E-state index in [4.69, 9.17) is 14.2 Å². The van der Waals surface area contributed by atoms with Crippen LogP contribution in [0.3, 0.4) is 0 Å². The van der Waals surface area contributed by atoms with Crippen molar-refractivity contribution in [3.63, 3.8) is 0 Å². The number of amides is 1. The van der Waals surface area contributed by atoms with Crippen LogP contribution in [0.2, 0.25) is 0 Å². The Morgan fingerprint density at radius 3 is 2.36 bits per heavy atom. The number of para-hydroxylation sites is 1. The summed E-state index contributed by atoms with van der Waals surface area (Å²) in [4.78, 5) is 12.5. The summed E-state index contributed by atoms with van der Waals surface area (Å²) in [6.07, 6.45) is 0.264. The molecule has 2 aromatic carbocycles. The molecule has 130 valence electrons. The number of anilines is 1. The monoisotopic (exact) mass is 340 g/mol. The Morgan fingerprint density at radius 1 is 1.04 bits per heavy atom. The minimum absolute atomic E-state index is 0.264. The third-order valence-electron chi connectivity index (χ3n) is 3.74. The van der Waals surface area contributed by atoms with Gasteiger partial charge in [0.25, 0.3) is 0 Å². The van der Waals surface area contributed by atoms with E-state index in [-0.39, 0.29) is 12.3 Å². The predicted molar refractivity (Wildman–Crippen MR) is 94.0 cm³/mol. The number of methoxy groups -OCH3 is 3. The molecular weight excluding hydrogens is 320 g/mol. The lowest BCUT2D eigenvalue weighted by molar-refractivity contribution is -0.118. The molecule has 0 spiro atoms. The molecule has 2 aromatic rings. The molecule has 1 atom stereocenters. The van der Waals surface area contributed by atoms with Crippen LogP contribution in [0, 0.1) is 17.2 Å². The molecule has 0 saturated heterocycles. The van der Waals surface area contributed by atoms with Crippen molar-refractivity contribution in [1.82, 2.24) is 0 Å². The lowest BCUT2D eigenvalue weighted by atomic mass is 9.99. The third-order valence-corrected chi connectivity index (χ3v) is 3.74. The maximum atomic E-state index is 12.5. The summed E-state index contributed by atoms with van der Waals surface area (Å²) in [7, 11) is 4.61. The number of hydrogen-bond acceptors (Lipinski definition) is 5. The normalized spacial score (nSPS) is 11.1. The second kappa shape index (κ2) is 8.60. The van der Waals surface area contributed by atoms with Gasteiger partial charge in [-0.05, 0) is 23.8 Å². The van der Waals surface area contributed by atoms with Crippen molar-refractivity contribution < 1.29 is 19.0 Å². The predicted octanol–water partition coefficient (Wildman–Crippen LogP) is 3.03. The van der Waals surface area contributed by atoms with Gasteiger partial charge in [-0.3, -0.25) is 4.79 Å². The van der Waals surface area contributed by atoms with Crippen LogP contribution in [0.1, 0.15) is 5.56 Å². The number of nitrogens with one attached hydrogen (secondary N) is 1. The first kappa shape index (κ1) is 18.1. The molecular formula is C19H20N2O4. The third kappa shape index (κ3) is 4.42. The molecule has 25 heavy (non-hydrogen) atoms. The summed E-state index contributed by atoms with van der Waals surface area (Å²) >= 11 is 0. The van der Waals surface area contributed by atoms with Gasteiger partial charge in [0.05, 0.1) is 27.4 Å². The van der Waals surface area contributed by atoms with E-state index in [2.05, 4.69) is 5.32 Å². The molecule has 2 rings (SSSR count). The highest BCUT2D eigenvalue weighted by Crippen LogP contribution is 2.30. The molecule has 0 aromatic heterocycles. The summed E-state index contributed by atoms with van der Waals surface area (Å²) in [6.45, 7) is 0. The minimum atomic E-state index is -0.843. The highest BCUT2D eigenvalue weighted by molar-refractivity contribution is 5.94. The van der Waals surface area contributed by atoms with Gasteiger partial charge in [0.15, 0.2) is 11.5 Å². The van der Waals surface area contributed by atoms with Crippen LogP contribution in [0.15, 0.2) is 42.5 Å². The molecule has 0 radical (unpaired) electrons. The standard InChI is InChI=1S/C19H20N2O4/c1-23-16-7-5-4-6-13(16)10-14(12-20)19(22)21-15-8-9-17(24-2)18(11-15)25-3/h4-9,11,14H,10H2,1-3H3,(H,21,22). The minimum Gasteiger partial charge on any atom is -0.496 e. The summed E-state index contributed by atoms with van der Waals surface area (Å²) < 4.78 is 15.7.